The van der Waals surface area contributed by atoms with Crippen LogP contribution in [0.4, 0.5) is 0 Å². The average molecular weight is 375 g/mol. The largest absolute Gasteiger partial charge is 0.457 e. The molecule has 3 heteroatoms. The van der Waals surface area contributed by atoms with Gasteiger partial charge < -0.3 is 14.6 Å². The van der Waals surface area contributed by atoms with E-state index in [4.69, 9.17) is 9.47 Å². The molecule has 0 aliphatic rings. The average Bonchev–Trinajstić information content (AvgIpc) is 2.74. The number of hydrogen-bond donors (Lipinski definition) is 1. The molecule has 1 unspecified atom stereocenters. The Labute approximate surface area is 167 Å². The van der Waals surface area contributed by atoms with Gasteiger partial charge in [0.15, 0.2) is 0 Å². The van der Waals surface area contributed by atoms with Gasteiger partial charge in [0.05, 0.1) is 0 Å². The summed E-state index contributed by atoms with van der Waals surface area (Å²) < 4.78 is 11.4. The van der Waals surface area contributed by atoms with Crippen molar-refractivity contribution in [1.29, 1.82) is 0 Å². The first-order chi connectivity index (χ1) is 13.6. The van der Waals surface area contributed by atoms with Crippen molar-refractivity contribution < 1.29 is 14.6 Å². The number of benzene rings is 3. The minimum atomic E-state index is -1.16. The van der Waals surface area contributed by atoms with Gasteiger partial charge in [-0.15, -0.1) is 0 Å². The molecule has 0 aliphatic carbocycles. The Balaban J connectivity index is 1.99. The van der Waals surface area contributed by atoms with E-state index in [0.717, 1.165) is 35.3 Å². The van der Waals surface area contributed by atoms with Crippen LogP contribution in [0.15, 0.2) is 72.8 Å². The van der Waals surface area contributed by atoms with Gasteiger partial charge in [0.25, 0.3) is 0 Å². The first-order valence-electron chi connectivity index (χ1n) is 9.66. The zero-order chi connectivity index (χ0) is 19.8. The lowest BCUT2D eigenvalue weighted by Crippen LogP contribution is -2.28. The Hall–Kier alpha value is -2.62. The van der Waals surface area contributed by atoms with Crippen LogP contribution in [0, 0.1) is 13.0 Å². The second-order valence-corrected chi connectivity index (χ2v) is 6.97. The highest BCUT2D eigenvalue weighted by molar-refractivity contribution is 5.47. The van der Waals surface area contributed by atoms with Crippen LogP contribution in [0.3, 0.4) is 0 Å². The fourth-order valence-corrected chi connectivity index (χ4v) is 3.40. The molecule has 3 rings (SSSR count). The number of methoxy groups -OCH3 is 1. The van der Waals surface area contributed by atoms with Crippen molar-refractivity contribution in [1.82, 2.24) is 0 Å². The van der Waals surface area contributed by atoms with Crippen LogP contribution in [0.1, 0.15) is 36.0 Å². The molecule has 0 amide bonds. The summed E-state index contributed by atoms with van der Waals surface area (Å²) in [5.41, 5.74) is 1.46. The molecule has 0 aromatic heterocycles. The van der Waals surface area contributed by atoms with E-state index in [9.17, 15) is 5.11 Å². The molecule has 1 N–H and O–H groups in total. The van der Waals surface area contributed by atoms with Gasteiger partial charge in [-0.05, 0) is 61.6 Å². The monoisotopic (exact) mass is 375 g/mol. The van der Waals surface area contributed by atoms with Gasteiger partial charge in [-0.25, -0.2) is 0 Å². The first kappa shape index (κ1) is 20.1. The maximum Gasteiger partial charge on any atom is 0.133 e. The summed E-state index contributed by atoms with van der Waals surface area (Å²) in [6.45, 7) is 2.69. The molecule has 145 valence electrons. The van der Waals surface area contributed by atoms with E-state index in [-0.39, 0.29) is 0 Å². The second-order valence-electron chi connectivity index (χ2n) is 6.97. The molecule has 0 aliphatic heterocycles. The van der Waals surface area contributed by atoms with Gasteiger partial charge in [0.2, 0.25) is 0 Å². The van der Waals surface area contributed by atoms with Crippen LogP contribution in [0.25, 0.3) is 0 Å². The predicted molar refractivity (Wildman–Crippen MR) is 112 cm³/mol. The third-order valence-corrected chi connectivity index (χ3v) is 4.97. The van der Waals surface area contributed by atoms with Gasteiger partial charge in [0, 0.05) is 19.3 Å². The Morgan fingerprint density at radius 3 is 2.39 bits per heavy atom. The number of ether oxygens (including phenoxy) is 2. The molecule has 0 spiro atoms. The van der Waals surface area contributed by atoms with Gasteiger partial charge in [-0.2, -0.15) is 0 Å². The number of hydrogen-bond acceptors (Lipinski definition) is 3. The van der Waals surface area contributed by atoms with Crippen molar-refractivity contribution in [3.05, 3.63) is 95.6 Å². The van der Waals surface area contributed by atoms with Crippen LogP contribution >= 0.6 is 0 Å². The fourth-order valence-electron chi connectivity index (χ4n) is 3.40. The van der Waals surface area contributed by atoms with E-state index in [1.807, 2.05) is 79.7 Å². The van der Waals surface area contributed by atoms with Crippen LogP contribution < -0.4 is 4.74 Å². The molecule has 0 heterocycles. The highest BCUT2D eigenvalue weighted by Crippen LogP contribution is 2.41. The minimum absolute atomic E-state index is 0.572. The highest BCUT2D eigenvalue weighted by atomic mass is 16.5. The standard InChI is InChI=1S/C25H27O3/c1-20-12-6-8-16-23(20)28-24-17-9-7-15-22(24)25(26,18-10-11-19-27-2)21-13-4-3-5-14-21/h3-4,6-9,12-17,26H,10-11,18-19H2,1-2H3. The molecule has 28 heavy (non-hydrogen) atoms. The molecular weight excluding hydrogens is 348 g/mol. The third kappa shape index (κ3) is 4.61. The summed E-state index contributed by atoms with van der Waals surface area (Å²) in [7, 11) is 1.70. The van der Waals surface area contributed by atoms with Gasteiger partial charge >= 0.3 is 0 Å². The number of unbranched alkanes of at least 4 members (excludes halogenated alkanes) is 1. The molecule has 0 fully saturated rings. The van der Waals surface area contributed by atoms with Crippen molar-refractivity contribution in [3.63, 3.8) is 0 Å². The Kier molecular flexibility index (Phi) is 6.85. The lowest BCUT2D eigenvalue weighted by Gasteiger charge is -2.31. The van der Waals surface area contributed by atoms with Crippen molar-refractivity contribution in [2.45, 2.75) is 31.8 Å². The maximum absolute atomic E-state index is 11.8. The molecule has 3 aromatic carbocycles. The predicted octanol–water partition coefficient (Wildman–Crippen LogP) is 5.64. The SMILES string of the molecule is COCCCCC(O)(c1c[c]ccc1)c1ccccc1Oc1ccccc1C. The molecule has 1 radical (unpaired) electrons. The molecule has 0 bridgehead atoms. The lowest BCUT2D eigenvalue weighted by molar-refractivity contribution is 0.0630. The van der Waals surface area contributed by atoms with E-state index in [2.05, 4.69) is 6.07 Å². The normalized spacial score (nSPS) is 13.1. The third-order valence-electron chi connectivity index (χ3n) is 4.97. The lowest BCUT2D eigenvalue weighted by atomic mass is 9.81. The van der Waals surface area contributed by atoms with E-state index in [0.29, 0.717) is 18.8 Å². The van der Waals surface area contributed by atoms with E-state index >= 15 is 0 Å². The van der Waals surface area contributed by atoms with Gasteiger partial charge in [-0.3, -0.25) is 0 Å². The molecule has 0 saturated heterocycles. The summed E-state index contributed by atoms with van der Waals surface area (Å²) in [4.78, 5) is 0. The summed E-state index contributed by atoms with van der Waals surface area (Å²) in [6.07, 6.45) is 2.29. The van der Waals surface area contributed by atoms with Crippen LogP contribution in [0.5, 0.6) is 11.5 Å². The van der Waals surface area contributed by atoms with Crippen molar-refractivity contribution in [2.24, 2.45) is 0 Å². The summed E-state index contributed by atoms with van der Waals surface area (Å²) in [5, 5.41) is 11.8. The van der Waals surface area contributed by atoms with Crippen LogP contribution in [0.2, 0.25) is 0 Å². The van der Waals surface area contributed by atoms with E-state index in [1.165, 1.54) is 0 Å². The number of aryl methyl sites for hydroxylation is 1. The second kappa shape index (κ2) is 9.54. The van der Waals surface area contributed by atoms with Crippen molar-refractivity contribution in [3.8, 4) is 11.5 Å². The first-order valence-corrected chi connectivity index (χ1v) is 9.66. The van der Waals surface area contributed by atoms with E-state index < -0.39 is 5.60 Å². The molecular formula is C25H27O3. The van der Waals surface area contributed by atoms with Crippen LogP contribution in [-0.2, 0) is 10.3 Å². The summed E-state index contributed by atoms with van der Waals surface area (Å²) in [5.74, 6) is 1.45. The van der Waals surface area contributed by atoms with Crippen molar-refractivity contribution in [2.75, 3.05) is 13.7 Å². The Morgan fingerprint density at radius 2 is 1.68 bits per heavy atom. The minimum Gasteiger partial charge on any atom is -0.457 e. The fraction of sp³-hybridized carbons (Fsp3) is 0.280. The van der Waals surface area contributed by atoms with Gasteiger partial charge in [-0.1, -0.05) is 54.6 Å². The maximum atomic E-state index is 11.8. The quantitative estimate of drug-likeness (QED) is 0.492. The molecule has 1 atom stereocenters. The Bertz CT molecular complexity index is 876. The molecule has 0 saturated carbocycles. The zero-order valence-electron chi connectivity index (χ0n) is 16.5. The van der Waals surface area contributed by atoms with E-state index in [1.54, 1.807) is 7.11 Å². The zero-order valence-corrected chi connectivity index (χ0v) is 16.5. The van der Waals surface area contributed by atoms with Crippen LogP contribution in [-0.4, -0.2) is 18.8 Å². The summed E-state index contributed by atoms with van der Waals surface area (Å²) in [6, 6.07) is 26.2. The topological polar surface area (TPSA) is 38.7 Å². The molecule has 3 aromatic rings. The number of aliphatic hydroxyl groups is 1. The highest BCUT2D eigenvalue weighted by Gasteiger charge is 2.34. The number of para-hydroxylation sites is 2. The Morgan fingerprint density at radius 1 is 0.929 bits per heavy atom. The molecule has 3 nitrogen and oxygen atoms in total. The van der Waals surface area contributed by atoms with Gasteiger partial charge in [0.1, 0.15) is 17.1 Å². The summed E-state index contributed by atoms with van der Waals surface area (Å²) >= 11 is 0. The smallest absolute Gasteiger partial charge is 0.133 e. The number of rotatable bonds is 9. The van der Waals surface area contributed by atoms with Crippen molar-refractivity contribution >= 4 is 0 Å².